The van der Waals surface area contributed by atoms with Crippen molar-refractivity contribution in [3.05, 3.63) is 452 Å². The molecule has 0 aromatic heterocycles. The quantitative estimate of drug-likeness (QED) is 0.100. The first-order valence-corrected chi connectivity index (χ1v) is 52.3. The smallest absolute Gasteiger partial charge is 0.252 e. The number of benzene rings is 18. The molecule has 9 aliphatic rings. The van der Waals surface area contributed by atoms with Gasteiger partial charge in [-0.15, -0.1) is 0 Å². The number of para-hydroxylation sites is 9. The van der Waals surface area contributed by atoms with E-state index in [0.717, 1.165) is 0 Å². The van der Waals surface area contributed by atoms with E-state index in [1.807, 2.05) is 0 Å². The van der Waals surface area contributed by atoms with Crippen molar-refractivity contribution in [2.24, 2.45) is 0 Å². The largest absolute Gasteiger partial charge is 0.311 e. The maximum Gasteiger partial charge on any atom is 0.252 e. The molecule has 0 radical (unpaired) electrons. The summed E-state index contributed by atoms with van der Waals surface area (Å²) in [5.41, 5.74) is 50.3. The van der Waals surface area contributed by atoms with Crippen LogP contribution in [0.2, 0.25) is 0 Å². The topological polar surface area (TPSA) is 19.4 Å². The van der Waals surface area contributed by atoms with Crippen molar-refractivity contribution in [1.82, 2.24) is 0 Å². The second-order valence-electron chi connectivity index (χ2n) is 41.1. The standard InChI is InChI=1S/C48H47BN2.2C42H35BN2/c1-32(2)39-23-16-24-40(33(3)4)47(39)35-27-28-44-42(29-35)49-41-25-14-15-26-43(41)50(37-19-10-6-11-20-37)45-30-36(34-17-8-5-9-18-34)31-46(48(45)49)51(44)38-21-12-7-13-22-38;1-5-15-30(16-6-1)32-25-26-39-37(27-32)43-36-23-13-14-24-38(36)44(34-19-9-3-10-20-34)40-28-33(31-17-7-2-8-18-31)29-41(42(40)43)45(39)35-21-11-4-12-22-35;1-5-15-30(16-6-1)32-25-26-37-39(27-32)45(35-21-11-4-12-22-35)41-29-33(31-17-7-2-8-18-31)28-40-42(41)43(37)36-23-13-14-24-38(36)44(40)34-19-9-3-10-20-34/h6-7,10-16,19-34H,5,8-9,17-18H2,1-4H3;2*1,3-6,9-16,19-29,31H,2,7-8,17-18H2. The number of nitrogens with zero attached hydrogens (tertiary/aromatic N) is 6. The molecule has 0 saturated heterocycles. The van der Waals surface area contributed by atoms with Gasteiger partial charge in [-0.05, 0) is 324 Å². The van der Waals surface area contributed by atoms with E-state index in [1.165, 1.54) is 309 Å². The highest BCUT2D eigenvalue weighted by Crippen LogP contribution is 2.54. The zero-order valence-corrected chi connectivity index (χ0v) is 81.3. The fourth-order valence-corrected chi connectivity index (χ4v) is 25.7. The number of hydrogen-bond donors (Lipinski definition) is 0. The molecule has 141 heavy (non-hydrogen) atoms. The molecule has 0 bridgehead atoms. The van der Waals surface area contributed by atoms with Crippen LogP contribution in [0.5, 0.6) is 0 Å². The van der Waals surface area contributed by atoms with Crippen molar-refractivity contribution in [1.29, 1.82) is 0 Å². The van der Waals surface area contributed by atoms with Crippen LogP contribution < -0.4 is 78.6 Å². The highest BCUT2D eigenvalue weighted by atomic mass is 15.2. The summed E-state index contributed by atoms with van der Waals surface area (Å²) in [7, 11) is 0. The van der Waals surface area contributed by atoms with Crippen LogP contribution in [0.25, 0.3) is 33.4 Å². The molecule has 18 aromatic rings. The fraction of sp³-hybridized carbons (Fsp3) is 0.182. The number of anilines is 18. The highest BCUT2D eigenvalue weighted by Gasteiger charge is 2.49. The Hall–Kier alpha value is -15.0. The summed E-state index contributed by atoms with van der Waals surface area (Å²) in [6.45, 7) is 9.72. The molecule has 0 unspecified atom stereocenters. The minimum Gasteiger partial charge on any atom is -0.311 e. The third-order valence-electron chi connectivity index (χ3n) is 32.2. The Kier molecular flexibility index (Phi) is 23.3. The van der Waals surface area contributed by atoms with Crippen LogP contribution in [0.1, 0.15) is 181 Å². The SMILES string of the molecule is CC(C)c1cccc(C(C)C)c1-c1ccc2c(c1)B1c3ccccc3N(c3ccccc3)c3cc(C4CCCCC4)cc(c31)N2c1ccccc1.c1ccc(-c2ccc3c(c2)B2c4ccccc4N(c4ccccc4)c4cc(C5CCCCC5)cc(c42)N3c2ccccc2)cc1.c1ccc(-c2ccc3c(c2)N(c2ccccc2)c2cc(C4CCCCC4)cc4c2B3c2ccccc2N4c2ccccc2)cc1. The first-order chi connectivity index (χ1) is 69.7. The van der Waals surface area contributed by atoms with Gasteiger partial charge in [0, 0.05) is 102 Å². The Morgan fingerprint density at radius 1 is 0.184 bits per heavy atom. The molecule has 3 fully saturated rings. The molecule has 6 aliphatic heterocycles. The number of rotatable bonds is 14. The van der Waals surface area contributed by atoms with Gasteiger partial charge in [-0.3, -0.25) is 0 Å². The van der Waals surface area contributed by atoms with Gasteiger partial charge in [0.25, 0.3) is 20.1 Å². The average molecular weight is 1820 g/mol. The predicted octanol–water partition coefficient (Wildman–Crippen LogP) is 30.7. The molecule has 9 heteroatoms. The van der Waals surface area contributed by atoms with E-state index in [2.05, 4.69) is 482 Å². The molecule has 3 aliphatic carbocycles. The molecule has 684 valence electrons. The van der Waals surface area contributed by atoms with E-state index in [4.69, 9.17) is 0 Å². The predicted molar refractivity (Wildman–Crippen MR) is 603 cm³/mol. The van der Waals surface area contributed by atoms with Crippen LogP contribution in [0, 0.1) is 0 Å². The van der Waals surface area contributed by atoms with Gasteiger partial charge in [-0.2, -0.15) is 0 Å². The minimum absolute atomic E-state index is 0.107. The Labute approximate surface area is 834 Å². The summed E-state index contributed by atoms with van der Waals surface area (Å²) < 4.78 is 0. The second kappa shape index (κ2) is 37.6. The third kappa shape index (κ3) is 15.7. The Morgan fingerprint density at radius 3 is 0.738 bits per heavy atom. The van der Waals surface area contributed by atoms with Gasteiger partial charge >= 0.3 is 0 Å². The summed E-state index contributed by atoms with van der Waals surface area (Å²) in [6.07, 6.45) is 19.6. The Morgan fingerprint density at radius 2 is 0.426 bits per heavy atom. The zero-order valence-electron chi connectivity index (χ0n) is 81.3. The highest BCUT2D eigenvalue weighted by molar-refractivity contribution is 7.02. The van der Waals surface area contributed by atoms with Crippen molar-refractivity contribution < 1.29 is 0 Å². The summed E-state index contributed by atoms with van der Waals surface area (Å²) in [5, 5.41) is 0. The lowest BCUT2D eigenvalue weighted by Gasteiger charge is -2.45. The van der Waals surface area contributed by atoms with Crippen molar-refractivity contribution in [3.63, 3.8) is 0 Å². The van der Waals surface area contributed by atoms with Crippen LogP contribution in [0.3, 0.4) is 0 Å². The fourth-order valence-electron chi connectivity index (χ4n) is 25.7. The van der Waals surface area contributed by atoms with Gasteiger partial charge in [0.05, 0.1) is 0 Å². The molecule has 0 spiro atoms. The summed E-state index contributed by atoms with van der Waals surface area (Å²) >= 11 is 0. The lowest BCUT2D eigenvalue weighted by molar-refractivity contribution is 0.444. The van der Waals surface area contributed by atoms with Crippen molar-refractivity contribution in [2.45, 2.75) is 154 Å². The number of fused-ring (bicyclic) bond motifs is 12. The molecular formula is C132H117B3N6. The number of hydrogen-bond acceptors (Lipinski definition) is 6. The zero-order chi connectivity index (χ0) is 94.1. The summed E-state index contributed by atoms with van der Waals surface area (Å²) in [5.74, 6) is 2.61. The molecule has 3 saturated carbocycles. The van der Waals surface area contributed by atoms with Crippen LogP contribution in [-0.4, -0.2) is 20.1 Å². The lowest BCUT2D eigenvalue weighted by atomic mass is 9.33. The van der Waals surface area contributed by atoms with E-state index in [1.54, 1.807) is 0 Å². The minimum atomic E-state index is 0.107. The van der Waals surface area contributed by atoms with E-state index >= 15 is 0 Å². The summed E-state index contributed by atoms with van der Waals surface area (Å²) in [6, 6.07) is 159. The molecule has 18 aromatic carbocycles. The van der Waals surface area contributed by atoms with E-state index in [9.17, 15) is 0 Å². The molecule has 27 rings (SSSR count). The van der Waals surface area contributed by atoms with E-state index in [-0.39, 0.29) is 20.1 Å². The average Bonchev–Trinajstić information content (AvgIpc) is 0.703. The van der Waals surface area contributed by atoms with Crippen molar-refractivity contribution in [2.75, 3.05) is 29.4 Å². The lowest BCUT2D eigenvalue weighted by Crippen LogP contribution is -2.61. The van der Waals surface area contributed by atoms with Gasteiger partial charge in [-0.1, -0.05) is 365 Å². The first kappa shape index (κ1) is 87.5. The molecule has 6 heterocycles. The maximum atomic E-state index is 2.58. The van der Waals surface area contributed by atoms with Crippen molar-refractivity contribution in [3.8, 4) is 33.4 Å². The second-order valence-corrected chi connectivity index (χ2v) is 41.1. The van der Waals surface area contributed by atoms with Crippen LogP contribution in [0.4, 0.5) is 102 Å². The maximum absolute atomic E-state index is 2.58. The molecule has 0 N–H and O–H groups in total. The first-order valence-electron chi connectivity index (χ1n) is 52.3. The monoisotopic (exact) mass is 1820 g/mol. The Balaban J connectivity index is 0.000000112. The van der Waals surface area contributed by atoms with Crippen LogP contribution in [-0.2, 0) is 0 Å². The Bertz CT molecular complexity index is 7590. The van der Waals surface area contributed by atoms with Gasteiger partial charge in [0.2, 0.25) is 0 Å². The third-order valence-corrected chi connectivity index (χ3v) is 32.2. The van der Waals surface area contributed by atoms with Gasteiger partial charge < -0.3 is 29.4 Å². The van der Waals surface area contributed by atoms with Crippen molar-refractivity contribution >= 4 is 172 Å². The molecule has 0 amide bonds. The molecule has 0 atom stereocenters. The molecule has 6 nitrogen and oxygen atoms in total. The van der Waals surface area contributed by atoms with E-state index < -0.39 is 0 Å². The van der Waals surface area contributed by atoms with Gasteiger partial charge in [0.15, 0.2) is 0 Å². The van der Waals surface area contributed by atoms with Gasteiger partial charge in [0.1, 0.15) is 0 Å². The normalized spacial score (nSPS) is 15.3. The van der Waals surface area contributed by atoms with Crippen LogP contribution in [0.15, 0.2) is 425 Å². The van der Waals surface area contributed by atoms with E-state index in [0.29, 0.717) is 29.6 Å². The summed E-state index contributed by atoms with van der Waals surface area (Å²) in [4.78, 5) is 15.3. The molecular weight excluding hydrogens is 1700 g/mol. The van der Waals surface area contributed by atoms with Crippen LogP contribution >= 0.6 is 0 Å². The van der Waals surface area contributed by atoms with Gasteiger partial charge in [-0.25, -0.2) is 0 Å².